The van der Waals surface area contributed by atoms with Crippen LogP contribution in [0.15, 0.2) is 18.2 Å². The highest BCUT2D eigenvalue weighted by atomic mass is 16.5. The lowest BCUT2D eigenvalue weighted by molar-refractivity contribution is 0.0294. The number of carboxylic acids is 1. The summed E-state index contributed by atoms with van der Waals surface area (Å²) in [4.78, 5) is 22.4. The number of carbonyl (C=O) groups excluding carboxylic acids is 1. The standard InChI is InChI=1S/C11H10O4/c1-6-5-7-3-2-4-8(10(12)13)9(7)11(14)15-6/h2-4,6H,5H2,1H3,(H,12,13). The molecule has 0 aromatic heterocycles. The first kappa shape index (κ1) is 9.71. The average molecular weight is 206 g/mol. The molecule has 1 unspecified atom stereocenters. The largest absolute Gasteiger partial charge is 0.478 e. The maximum absolute atomic E-state index is 11.5. The molecule has 1 aromatic rings. The molecule has 0 fully saturated rings. The number of aromatic carboxylic acids is 1. The Bertz CT molecular complexity index is 436. The predicted molar refractivity (Wildman–Crippen MR) is 52.0 cm³/mol. The predicted octanol–water partition coefficient (Wildman–Crippen LogP) is 1.49. The van der Waals surface area contributed by atoms with Crippen LogP contribution < -0.4 is 0 Å². The Morgan fingerprint density at radius 1 is 1.53 bits per heavy atom. The molecule has 0 amide bonds. The van der Waals surface area contributed by atoms with E-state index in [0.717, 1.165) is 5.56 Å². The second-order valence-electron chi connectivity index (χ2n) is 3.56. The molecule has 0 saturated heterocycles. The van der Waals surface area contributed by atoms with E-state index in [1.165, 1.54) is 6.07 Å². The first-order valence-corrected chi connectivity index (χ1v) is 4.65. The van der Waals surface area contributed by atoms with Gasteiger partial charge in [0.2, 0.25) is 0 Å². The minimum Gasteiger partial charge on any atom is -0.478 e. The van der Waals surface area contributed by atoms with Crippen molar-refractivity contribution in [3.63, 3.8) is 0 Å². The summed E-state index contributed by atoms with van der Waals surface area (Å²) in [5.74, 6) is -1.64. The molecule has 1 aromatic carbocycles. The molecule has 1 heterocycles. The van der Waals surface area contributed by atoms with Crippen molar-refractivity contribution in [3.8, 4) is 0 Å². The number of cyclic esters (lactones) is 1. The van der Waals surface area contributed by atoms with E-state index in [4.69, 9.17) is 9.84 Å². The molecule has 1 aliphatic rings. The zero-order chi connectivity index (χ0) is 11.0. The fourth-order valence-corrected chi connectivity index (χ4v) is 1.78. The number of hydrogen-bond acceptors (Lipinski definition) is 3. The van der Waals surface area contributed by atoms with Gasteiger partial charge in [-0.1, -0.05) is 12.1 Å². The first-order valence-electron chi connectivity index (χ1n) is 4.65. The van der Waals surface area contributed by atoms with E-state index in [-0.39, 0.29) is 17.2 Å². The maximum atomic E-state index is 11.5. The number of carboxylic acid groups (broad SMARTS) is 1. The van der Waals surface area contributed by atoms with Gasteiger partial charge in [0, 0.05) is 6.42 Å². The highest BCUT2D eigenvalue weighted by Gasteiger charge is 2.28. The van der Waals surface area contributed by atoms with Crippen LogP contribution in [-0.2, 0) is 11.2 Å². The molecule has 78 valence electrons. The van der Waals surface area contributed by atoms with E-state index in [1.807, 2.05) is 0 Å². The smallest absolute Gasteiger partial charge is 0.339 e. The van der Waals surface area contributed by atoms with Crippen molar-refractivity contribution in [1.82, 2.24) is 0 Å². The molecule has 4 heteroatoms. The fourth-order valence-electron chi connectivity index (χ4n) is 1.78. The number of carbonyl (C=O) groups is 2. The lowest BCUT2D eigenvalue weighted by atomic mass is 9.95. The Labute approximate surface area is 86.5 Å². The monoisotopic (exact) mass is 206 g/mol. The van der Waals surface area contributed by atoms with Gasteiger partial charge in [-0.15, -0.1) is 0 Å². The zero-order valence-corrected chi connectivity index (χ0v) is 8.19. The van der Waals surface area contributed by atoms with Crippen LogP contribution in [0.5, 0.6) is 0 Å². The molecular formula is C11H10O4. The summed E-state index contributed by atoms with van der Waals surface area (Å²) in [6.45, 7) is 1.79. The summed E-state index contributed by atoms with van der Waals surface area (Å²) >= 11 is 0. The summed E-state index contributed by atoms with van der Waals surface area (Å²) in [7, 11) is 0. The Hall–Kier alpha value is -1.84. The van der Waals surface area contributed by atoms with Crippen molar-refractivity contribution >= 4 is 11.9 Å². The Balaban J connectivity index is 2.59. The van der Waals surface area contributed by atoms with Gasteiger partial charge in [-0.2, -0.15) is 0 Å². The molecule has 0 bridgehead atoms. The van der Waals surface area contributed by atoms with Gasteiger partial charge < -0.3 is 9.84 Å². The number of ether oxygens (including phenoxy) is 1. The van der Waals surface area contributed by atoms with Crippen LogP contribution in [0, 0.1) is 0 Å². The molecule has 0 spiro atoms. The summed E-state index contributed by atoms with van der Waals surface area (Å²) < 4.78 is 5.00. The molecule has 4 nitrogen and oxygen atoms in total. The van der Waals surface area contributed by atoms with Crippen LogP contribution in [0.4, 0.5) is 0 Å². The van der Waals surface area contributed by atoms with E-state index in [9.17, 15) is 9.59 Å². The minimum atomic E-state index is -1.10. The number of benzene rings is 1. The molecule has 0 aliphatic carbocycles. The van der Waals surface area contributed by atoms with Gasteiger partial charge in [0.15, 0.2) is 0 Å². The molecule has 15 heavy (non-hydrogen) atoms. The van der Waals surface area contributed by atoms with Crippen molar-refractivity contribution in [2.75, 3.05) is 0 Å². The van der Waals surface area contributed by atoms with Crippen molar-refractivity contribution in [3.05, 3.63) is 34.9 Å². The molecule has 2 rings (SSSR count). The van der Waals surface area contributed by atoms with E-state index >= 15 is 0 Å². The highest BCUT2D eigenvalue weighted by Crippen LogP contribution is 2.23. The van der Waals surface area contributed by atoms with Gasteiger partial charge in [-0.05, 0) is 18.6 Å². The van der Waals surface area contributed by atoms with Gasteiger partial charge in [0.25, 0.3) is 0 Å². The third-order valence-electron chi connectivity index (χ3n) is 2.40. The third-order valence-corrected chi connectivity index (χ3v) is 2.40. The minimum absolute atomic E-state index is 0.0180. The van der Waals surface area contributed by atoms with Crippen LogP contribution in [0.2, 0.25) is 0 Å². The summed E-state index contributed by atoms with van der Waals surface area (Å²) in [6, 6.07) is 4.82. The quantitative estimate of drug-likeness (QED) is 0.707. The van der Waals surface area contributed by atoms with Gasteiger partial charge in [-0.25, -0.2) is 9.59 Å². The van der Waals surface area contributed by atoms with Crippen molar-refractivity contribution < 1.29 is 19.4 Å². The second kappa shape index (κ2) is 3.38. The summed E-state index contributed by atoms with van der Waals surface area (Å²) in [5, 5.41) is 8.92. The van der Waals surface area contributed by atoms with Gasteiger partial charge >= 0.3 is 11.9 Å². The number of esters is 1. The lowest BCUT2D eigenvalue weighted by Gasteiger charge is -2.22. The lowest BCUT2D eigenvalue weighted by Crippen LogP contribution is -2.27. The number of rotatable bonds is 1. The number of fused-ring (bicyclic) bond motifs is 1. The second-order valence-corrected chi connectivity index (χ2v) is 3.56. The van der Waals surface area contributed by atoms with E-state index in [1.54, 1.807) is 19.1 Å². The summed E-state index contributed by atoms with van der Waals surface area (Å²) in [6.07, 6.45) is 0.386. The topological polar surface area (TPSA) is 63.6 Å². The average Bonchev–Trinajstić information content (AvgIpc) is 2.16. The SMILES string of the molecule is CC1Cc2cccc(C(=O)O)c2C(=O)O1. The van der Waals surface area contributed by atoms with Crippen LogP contribution in [0.3, 0.4) is 0 Å². The molecule has 0 saturated carbocycles. The van der Waals surface area contributed by atoms with E-state index < -0.39 is 11.9 Å². The molecule has 1 atom stereocenters. The summed E-state index contributed by atoms with van der Waals surface area (Å²) in [5.41, 5.74) is 0.964. The normalized spacial score (nSPS) is 19.3. The molecule has 0 radical (unpaired) electrons. The van der Waals surface area contributed by atoms with Crippen molar-refractivity contribution in [2.24, 2.45) is 0 Å². The molecular weight excluding hydrogens is 196 g/mol. The molecule has 1 N–H and O–H groups in total. The number of hydrogen-bond donors (Lipinski definition) is 1. The van der Waals surface area contributed by atoms with Gasteiger partial charge in [0.05, 0.1) is 11.1 Å². The maximum Gasteiger partial charge on any atom is 0.339 e. The van der Waals surface area contributed by atoms with E-state index in [2.05, 4.69) is 0 Å². The van der Waals surface area contributed by atoms with E-state index in [0.29, 0.717) is 6.42 Å². The molecule has 1 aliphatic heterocycles. The fraction of sp³-hybridized carbons (Fsp3) is 0.273. The Morgan fingerprint density at radius 2 is 2.27 bits per heavy atom. The Morgan fingerprint density at radius 3 is 2.93 bits per heavy atom. The van der Waals surface area contributed by atoms with Crippen molar-refractivity contribution in [2.45, 2.75) is 19.4 Å². The zero-order valence-electron chi connectivity index (χ0n) is 8.19. The third kappa shape index (κ3) is 1.58. The van der Waals surface area contributed by atoms with Crippen LogP contribution in [-0.4, -0.2) is 23.1 Å². The highest BCUT2D eigenvalue weighted by molar-refractivity contribution is 6.04. The van der Waals surface area contributed by atoms with Crippen LogP contribution in [0.25, 0.3) is 0 Å². The van der Waals surface area contributed by atoms with Crippen molar-refractivity contribution in [1.29, 1.82) is 0 Å². The van der Waals surface area contributed by atoms with Crippen LogP contribution >= 0.6 is 0 Å². The van der Waals surface area contributed by atoms with Gasteiger partial charge in [0.1, 0.15) is 6.10 Å². The van der Waals surface area contributed by atoms with Crippen LogP contribution in [0.1, 0.15) is 33.2 Å². The first-order chi connectivity index (χ1) is 7.09. The Kier molecular flexibility index (Phi) is 2.19. The van der Waals surface area contributed by atoms with Gasteiger partial charge in [-0.3, -0.25) is 0 Å².